The predicted molar refractivity (Wildman–Crippen MR) is 67.8 cm³/mol. The first-order chi connectivity index (χ1) is 8.53. The van der Waals surface area contributed by atoms with E-state index in [-0.39, 0.29) is 5.76 Å². The van der Waals surface area contributed by atoms with Crippen molar-refractivity contribution in [2.45, 2.75) is 25.3 Å². The Bertz CT molecular complexity index is 462. The Balaban J connectivity index is 2.14. The highest BCUT2D eigenvalue weighted by Gasteiger charge is 2.41. The largest absolute Gasteiger partial charge is 0.480 e. The number of aryl methyl sites for hydroxylation is 1. The standard InChI is InChI=1S/C12H15NO4S/c1-8-2-3-9(17-8)10(14)13-12(11(15)16)4-6-18-7-5-12/h2-3H,4-7H2,1H3,(H,13,14)(H,15,16). The van der Waals surface area contributed by atoms with Crippen molar-refractivity contribution < 1.29 is 19.1 Å². The summed E-state index contributed by atoms with van der Waals surface area (Å²) in [4.78, 5) is 23.4. The summed E-state index contributed by atoms with van der Waals surface area (Å²) < 4.78 is 5.20. The van der Waals surface area contributed by atoms with Gasteiger partial charge in [0, 0.05) is 0 Å². The van der Waals surface area contributed by atoms with Crippen LogP contribution >= 0.6 is 11.8 Å². The van der Waals surface area contributed by atoms with Gasteiger partial charge in [0.15, 0.2) is 5.76 Å². The zero-order chi connectivity index (χ0) is 13.2. The summed E-state index contributed by atoms with van der Waals surface area (Å²) >= 11 is 1.70. The van der Waals surface area contributed by atoms with Gasteiger partial charge in [0.2, 0.25) is 0 Å². The Morgan fingerprint density at radius 2 is 2.06 bits per heavy atom. The maximum atomic E-state index is 12.0. The first-order valence-electron chi connectivity index (χ1n) is 5.74. The molecule has 0 saturated carbocycles. The van der Waals surface area contributed by atoms with Crippen molar-refractivity contribution in [2.75, 3.05) is 11.5 Å². The van der Waals surface area contributed by atoms with Crippen molar-refractivity contribution in [3.63, 3.8) is 0 Å². The third-order valence-electron chi connectivity index (χ3n) is 3.07. The number of amides is 1. The van der Waals surface area contributed by atoms with Crippen molar-refractivity contribution in [3.05, 3.63) is 23.7 Å². The van der Waals surface area contributed by atoms with Crippen LogP contribution in [0, 0.1) is 6.92 Å². The quantitative estimate of drug-likeness (QED) is 0.872. The molecule has 0 radical (unpaired) electrons. The maximum absolute atomic E-state index is 12.0. The molecule has 0 bridgehead atoms. The van der Waals surface area contributed by atoms with Gasteiger partial charge < -0.3 is 14.8 Å². The van der Waals surface area contributed by atoms with E-state index in [1.54, 1.807) is 30.8 Å². The third kappa shape index (κ3) is 2.53. The zero-order valence-corrected chi connectivity index (χ0v) is 10.9. The normalized spacial score (nSPS) is 18.3. The van der Waals surface area contributed by atoms with E-state index >= 15 is 0 Å². The molecule has 1 amide bonds. The summed E-state index contributed by atoms with van der Waals surface area (Å²) in [6.07, 6.45) is 0.886. The van der Waals surface area contributed by atoms with Crippen molar-refractivity contribution in [1.29, 1.82) is 0 Å². The predicted octanol–water partition coefficient (Wildman–Crippen LogP) is 1.67. The van der Waals surface area contributed by atoms with E-state index < -0.39 is 17.4 Å². The molecule has 1 fully saturated rings. The molecule has 0 atom stereocenters. The molecule has 0 aromatic carbocycles. The van der Waals surface area contributed by atoms with Gasteiger partial charge in [0.25, 0.3) is 5.91 Å². The van der Waals surface area contributed by atoms with E-state index in [9.17, 15) is 14.7 Å². The van der Waals surface area contributed by atoms with Crippen LogP contribution < -0.4 is 5.32 Å². The van der Waals surface area contributed by atoms with Gasteiger partial charge in [-0.05, 0) is 43.4 Å². The minimum atomic E-state index is -1.15. The van der Waals surface area contributed by atoms with Crippen LogP contribution in [0.25, 0.3) is 0 Å². The van der Waals surface area contributed by atoms with Crippen LogP contribution in [0.5, 0.6) is 0 Å². The monoisotopic (exact) mass is 269 g/mol. The number of nitrogens with one attached hydrogen (secondary N) is 1. The number of carboxylic acids is 1. The molecule has 1 aliphatic rings. The lowest BCUT2D eigenvalue weighted by atomic mass is 9.92. The Hall–Kier alpha value is -1.43. The summed E-state index contributed by atoms with van der Waals surface area (Å²) in [5.74, 6) is 0.833. The number of hydrogen-bond acceptors (Lipinski definition) is 4. The number of aliphatic carboxylic acids is 1. The van der Waals surface area contributed by atoms with Crippen LogP contribution in [-0.4, -0.2) is 34.0 Å². The molecule has 2 heterocycles. The highest BCUT2D eigenvalue weighted by Crippen LogP contribution is 2.27. The molecule has 5 nitrogen and oxygen atoms in total. The molecule has 1 saturated heterocycles. The van der Waals surface area contributed by atoms with Crippen molar-refractivity contribution >= 4 is 23.6 Å². The fourth-order valence-corrected chi connectivity index (χ4v) is 3.14. The molecule has 1 aliphatic heterocycles. The molecule has 98 valence electrons. The molecule has 2 N–H and O–H groups in total. The number of carboxylic acid groups (broad SMARTS) is 1. The van der Waals surface area contributed by atoms with Gasteiger partial charge >= 0.3 is 5.97 Å². The molecule has 2 rings (SSSR count). The van der Waals surface area contributed by atoms with Gasteiger partial charge in [-0.2, -0.15) is 11.8 Å². The summed E-state index contributed by atoms with van der Waals surface area (Å²) in [6.45, 7) is 1.74. The minimum Gasteiger partial charge on any atom is -0.480 e. The van der Waals surface area contributed by atoms with Crippen LogP contribution in [0.4, 0.5) is 0 Å². The number of carbonyl (C=O) groups excluding carboxylic acids is 1. The average molecular weight is 269 g/mol. The number of thioether (sulfide) groups is 1. The fraction of sp³-hybridized carbons (Fsp3) is 0.500. The number of furan rings is 1. The molecule has 1 aromatic heterocycles. The molecular weight excluding hydrogens is 254 g/mol. The molecular formula is C12H15NO4S. The van der Waals surface area contributed by atoms with Gasteiger partial charge in [-0.1, -0.05) is 0 Å². The van der Waals surface area contributed by atoms with Gasteiger partial charge in [0.05, 0.1) is 0 Å². The van der Waals surface area contributed by atoms with Crippen LogP contribution in [-0.2, 0) is 4.79 Å². The fourth-order valence-electron chi connectivity index (χ4n) is 1.95. The Morgan fingerprint density at radius 3 is 2.56 bits per heavy atom. The first-order valence-corrected chi connectivity index (χ1v) is 6.89. The highest BCUT2D eigenvalue weighted by atomic mass is 32.2. The number of rotatable bonds is 3. The molecule has 18 heavy (non-hydrogen) atoms. The molecule has 0 spiro atoms. The van der Waals surface area contributed by atoms with E-state index in [1.165, 1.54) is 0 Å². The van der Waals surface area contributed by atoms with E-state index in [4.69, 9.17) is 4.42 Å². The molecule has 6 heteroatoms. The van der Waals surface area contributed by atoms with Crippen LogP contribution in [0.1, 0.15) is 29.2 Å². The second-order valence-corrected chi connectivity index (χ2v) is 5.59. The van der Waals surface area contributed by atoms with Crippen LogP contribution in [0.2, 0.25) is 0 Å². The van der Waals surface area contributed by atoms with Crippen molar-refractivity contribution in [3.8, 4) is 0 Å². The SMILES string of the molecule is Cc1ccc(C(=O)NC2(C(=O)O)CCSCC2)o1. The summed E-state index contributed by atoms with van der Waals surface area (Å²) in [7, 11) is 0. The summed E-state index contributed by atoms with van der Waals surface area (Å²) in [5, 5.41) is 12.0. The lowest BCUT2D eigenvalue weighted by Crippen LogP contribution is -2.56. The smallest absolute Gasteiger partial charge is 0.329 e. The minimum absolute atomic E-state index is 0.159. The third-order valence-corrected chi connectivity index (χ3v) is 4.06. The Kier molecular flexibility index (Phi) is 3.65. The van der Waals surface area contributed by atoms with Crippen molar-refractivity contribution in [1.82, 2.24) is 5.32 Å². The van der Waals surface area contributed by atoms with E-state index in [0.717, 1.165) is 11.5 Å². The molecule has 1 aromatic rings. The van der Waals surface area contributed by atoms with Gasteiger partial charge in [-0.25, -0.2) is 4.79 Å². The highest BCUT2D eigenvalue weighted by molar-refractivity contribution is 7.99. The second kappa shape index (κ2) is 5.06. The van der Waals surface area contributed by atoms with E-state index in [1.807, 2.05) is 0 Å². The maximum Gasteiger partial charge on any atom is 0.329 e. The molecule has 0 unspecified atom stereocenters. The topological polar surface area (TPSA) is 79.5 Å². The molecule has 0 aliphatic carbocycles. The second-order valence-electron chi connectivity index (χ2n) is 4.36. The Labute approximate surface area is 109 Å². The van der Waals surface area contributed by atoms with Crippen LogP contribution in [0.3, 0.4) is 0 Å². The van der Waals surface area contributed by atoms with Gasteiger partial charge in [0.1, 0.15) is 11.3 Å². The van der Waals surface area contributed by atoms with Gasteiger partial charge in [-0.3, -0.25) is 4.79 Å². The number of hydrogen-bond donors (Lipinski definition) is 2. The first kappa shape index (κ1) is 13.0. The van der Waals surface area contributed by atoms with Crippen molar-refractivity contribution in [2.24, 2.45) is 0 Å². The van der Waals surface area contributed by atoms with E-state index in [0.29, 0.717) is 18.6 Å². The van der Waals surface area contributed by atoms with E-state index in [2.05, 4.69) is 5.32 Å². The van der Waals surface area contributed by atoms with Gasteiger partial charge in [-0.15, -0.1) is 0 Å². The lowest BCUT2D eigenvalue weighted by molar-refractivity contribution is -0.144. The summed E-state index contributed by atoms with van der Waals surface area (Å²) in [5.41, 5.74) is -1.15. The average Bonchev–Trinajstić information content (AvgIpc) is 2.77. The van der Waals surface area contributed by atoms with Crippen LogP contribution in [0.15, 0.2) is 16.5 Å². The lowest BCUT2D eigenvalue weighted by Gasteiger charge is -2.33. The number of carbonyl (C=O) groups is 2. The zero-order valence-electron chi connectivity index (χ0n) is 10.1. The summed E-state index contributed by atoms with van der Waals surface area (Å²) in [6, 6.07) is 3.23. The Morgan fingerprint density at radius 1 is 1.39 bits per heavy atom.